The summed E-state index contributed by atoms with van der Waals surface area (Å²) in [4.78, 5) is 30.7. The molecule has 0 radical (unpaired) electrons. The number of amides is 2. The van der Waals surface area contributed by atoms with Gasteiger partial charge in [-0.15, -0.1) is 0 Å². The molecule has 6 nitrogen and oxygen atoms in total. The van der Waals surface area contributed by atoms with Crippen LogP contribution in [-0.4, -0.2) is 47.4 Å². The van der Waals surface area contributed by atoms with E-state index < -0.39 is 0 Å². The number of carbonyl (C=O) groups excluding carboxylic acids is 2. The third-order valence-corrected chi connectivity index (χ3v) is 4.62. The van der Waals surface area contributed by atoms with Gasteiger partial charge in [0.25, 0.3) is 0 Å². The van der Waals surface area contributed by atoms with E-state index >= 15 is 0 Å². The van der Waals surface area contributed by atoms with Crippen molar-refractivity contribution in [3.8, 4) is 0 Å². The van der Waals surface area contributed by atoms with E-state index in [0.717, 1.165) is 44.3 Å². The maximum atomic E-state index is 12.4. The lowest BCUT2D eigenvalue weighted by atomic mass is 9.96. The van der Waals surface area contributed by atoms with E-state index in [4.69, 9.17) is 0 Å². The van der Waals surface area contributed by atoms with Crippen LogP contribution in [0.25, 0.3) is 0 Å². The Labute approximate surface area is 150 Å². The molecule has 0 spiro atoms. The van der Waals surface area contributed by atoms with Gasteiger partial charge in [0.05, 0.1) is 6.54 Å². The Hall–Kier alpha value is -1.95. The molecule has 0 saturated carbocycles. The van der Waals surface area contributed by atoms with Crippen LogP contribution in [0.4, 0.5) is 5.82 Å². The Balaban J connectivity index is 1.73. The van der Waals surface area contributed by atoms with Crippen LogP contribution in [0.2, 0.25) is 0 Å². The summed E-state index contributed by atoms with van der Waals surface area (Å²) < 4.78 is 0. The molecule has 2 N–H and O–H groups in total. The van der Waals surface area contributed by atoms with E-state index in [1.165, 1.54) is 0 Å². The molecule has 1 atom stereocenters. The third-order valence-electron chi connectivity index (χ3n) is 4.62. The Morgan fingerprint density at radius 3 is 2.72 bits per heavy atom. The van der Waals surface area contributed by atoms with Crippen molar-refractivity contribution >= 4 is 17.6 Å². The van der Waals surface area contributed by atoms with E-state index in [2.05, 4.69) is 27.4 Å². The van der Waals surface area contributed by atoms with E-state index in [-0.39, 0.29) is 23.8 Å². The summed E-state index contributed by atoms with van der Waals surface area (Å²) in [7, 11) is 0. The van der Waals surface area contributed by atoms with Crippen molar-refractivity contribution in [2.75, 3.05) is 25.0 Å². The Morgan fingerprint density at radius 2 is 2.08 bits per heavy atom. The predicted octanol–water partition coefficient (Wildman–Crippen LogP) is 2.35. The Kier molecular flexibility index (Phi) is 7.37. The van der Waals surface area contributed by atoms with Crippen molar-refractivity contribution in [2.24, 2.45) is 5.92 Å². The fraction of sp³-hybridized carbons (Fsp3) is 0.632. The second-order valence-corrected chi connectivity index (χ2v) is 7.02. The van der Waals surface area contributed by atoms with E-state index in [1.54, 1.807) is 6.20 Å². The SMILES string of the molecule is CCC[C@@H](C)NC(=O)CN1CCC(C(=O)Nc2cc(C)ccn2)CC1. The molecule has 6 heteroatoms. The lowest BCUT2D eigenvalue weighted by Crippen LogP contribution is -2.45. The van der Waals surface area contributed by atoms with Crippen molar-refractivity contribution in [3.05, 3.63) is 23.9 Å². The molecule has 1 aliphatic heterocycles. The first kappa shape index (κ1) is 19.4. The highest BCUT2D eigenvalue weighted by atomic mass is 16.2. The molecule has 1 aromatic rings. The zero-order valence-electron chi connectivity index (χ0n) is 15.5. The Morgan fingerprint density at radius 1 is 1.36 bits per heavy atom. The van der Waals surface area contributed by atoms with Crippen molar-refractivity contribution in [2.45, 2.75) is 52.5 Å². The van der Waals surface area contributed by atoms with Crippen LogP contribution >= 0.6 is 0 Å². The summed E-state index contributed by atoms with van der Waals surface area (Å²) in [6.45, 7) is 8.09. The van der Waals surface area contributed by atoms with Crippen molar-refractivity contribution < 1.29 is 9.59 Å². The zero-order chi connectivity index (χ0) is 18.2. The molecule has 2 amide bonds. The fourth-order valence-corrected chi connectivity index (χ4v) is 3.21. The fourth-order valence-electron chi connectivity index (χ4n) is 3.21. The molecule has 1 aromatic heterocycles. The average Bonchev–Trinajstić information content (AvgIpc) is 2.55. The lowest BCUT2D eigenvalue weighted by Gasteiger charge is -2.31. The predicted molar refractivity (Wildman–Crippen MR) is 99.3 cm³/mol. The Bertz CT molecular complexity index is 583. The van der Waals surface area contributed by atoms with Crippen LogP contribution in [0.5, 0.6) is 0 Å². The second-order valence-electron chi connectivity index (χ2n) is 7.02. The summed E-state index contributed by atoms with van der Waals surface area (Å²) in [6, 6.07) is 4.00. The van der Waals surface area contributed by atoms with Gasteiger partial charge in [-0.25, -0.2) is 4.98 Å². The lowest BCUT2D eigenvalue weighted by molar-refractivity contribution is -0.123. The third kappa shape index (κ3) is 6.46. The monoisotopic (exact) mass is 346 g/mol. The molecular formula is C19H30N4O2. The van der Waals surface area contributed by atoms with Crippen LogP contribution in [0.15, 0.2) is 18.3 Å². The second kappa shape index (κ2) is 9.51. The zero-order valence-corrected chi connectivity index (χ0v) is 15.5. The average molecular weight is 346 g/mol. The minimum atomic E-state index is -0.0133. The van der Waals surface area contributed by atoms with Crippen LogP contribution in [0, 0.1) is 12.8 Å². The van der Waals surface area contributed by atoms with E-state index in [0.29, 0.717) is 12.4 Å². The van der Waals surface area contributed by atoms with Gasteiger partial charge in [0.2, 0.25) is 11.8 Å². The smallest absolute Gasteiger partial charge is 0.234 e. The first-order valence-corrected chi connectivity index (χ1v) is 9.23. The molecule has 1 aliphatic rings. The summed E-state index contributed by atoms with van der Waals surface area (Å²) in [6.07, 6.45) is 5.31. The van der Waals surface area contributed by atoms with Crippen molar-refractivity contribution in [1.82, 2.24) is 15.2 Å². The van der Waals surface area contributed by atoms with Gasteiger partial charge in [-0.3, -0.25) is 14.5 Å². The highest BCUT2D eigenvalue weighted by molar-refractivity contribution is 5.91. The van der Waals surface area contributed by atoms with Gasteiger partial charge in [0, 0.05) is 18.2 Å². The summed E-state index contributed by atoms with van der Waals surface area (Å²) >= 11 is 0. The van der Waals surface area contributed by atoms with Gasteiger partial charge in [0.1, 0.15) is 5.82 Å². The number of hydrogen-bond donors (Lipinski definition) is 2. The number of pyridine rings is 1. The quantitative estimate of drug-likeness (QED) is 0.795. The number of anilines is 1. The molecule has 0 aliphatic carbocycles. The standard InChI is InChI=1S/C19H30N4O2/c1-4-5-15(3)21-18(24)13-23-10-7-16(8-11-23)19(25)22-17-12-14(2)6-9-20-17/h6,9,12,15-16H,4-5,7-8,10-11,13H2,1-3H3,(H,21,24)(H,20,22,25)/t15-/m1/s1. The van der Waals surface area contributed by atoms with Crippen molar-refractivity contribution in [3.63, 3.8) is 0 Å². The minimum Gasteiger partial charge on any atom is -0.353 e. The molecule has 1 saturated heterocycles. The number of carbonyl (C=O) groups is 2. The minimum absolute atomic E-state index is 0.0133. The molecule has 0 unspecified atom stereocenters. The van der Waals surface area contributed by atoms with Gasteiger partial charge < -0.3 is 10.6 Å². The number of likely N-dealkylation sites (tertiary alicyclic amines) is 1. The largest absolute Gasteiger partial charge is 0.353 e. The molecule has 25 heavy (non-hydrogen) atoms. The van der Waals surface area contributed by atoms with Crippen LogP contribution in [0.1, 0.15) is 45.1 Å². The summed E-state index contributed by atoms with van der Waals surface area (Å²) in [5.74, 6) is 0.698. The topological polar surface area (TPSA) is 74.3 Å². The molecule has 0 aromatic carbocycles. The van der Waals surface area contributed by atoms with Gasteiger partial charge >= 0.3 is 0 Å². The van der Waals surface area contributed by atoms with Gasteiger partial charge in [-0.2, -0.15) is 0 Å². The number of rotatable bonds is 7. The summed E-state index contributed by atoms with van der Waals surface area (Å²) in [5.41, 5.74) is 1.07. The van der Waals surface area contributed by atoms with Crippen LogP contribution in [0.3, 0.4) is 0 Å². The number of nitrogens with zero attached hydrogens (tertiary/aromatic N) is 2. The first-order chi connectivity index (χ1) is 12.0. The molecule has 2 rings (SSSR count). The number of hydrogen-bond acceptors (Lipinski definition) is 4. The normalized spacial score (nSPS) is 17.1. The molecule has 2 heterocycles. The maximum Gasteiger partial charge on any atom is 0.234 e. The maximum absolute atomic E-state index is 12.4. The van der Waals surface area contributed by atoms with Gasteiger partial charge in [0.15, 0.2) is 0 Å². The van der Waals surface area contributed by atoms with Gasteiger partial charge in [-0.1, -0.05) is 13.3 Å². The number of aryl methyl sites for hydroxylation is 1. The van der Waals surface area contributed by atoms with Crippen LogP contribution in [-0.2, 0) is 9.59 Å². The first-order valence-electron chi connectivity index (χ1n) is 9.23. The highest BCUT2D eigenvalue weighted by Crippen LogP contribution is 2.19. The van der Waals surface area contributed by atoms with Crippen molar-refractivity contribution in [1.29, 1.82) is 0 Å². The molecule has 138 valence electrons. The molecule has 0 bridgehead atoms. The summed E-state index contributed by atoms with van der Waals surface area (Å²) in [5, 5.41) is 5.93. The number of nitrogens with one attached hydrogen (secondary N) is 2. The van der Waals surface area contributed by atoms with Crippen LogP contribution < -0.4 is 10.6 Å². The molecule has 1 fully saturated rings. The van der Waals surface area contributed by atoms with E-state index in [1.807, 2.05) is 26.0 Å². The number of piperidine rings is 1. The highest BCUT2D eigenvalue weighted by Gasteiger charge is 2.26. The molecular weight excluding hydrogens is 316 g/mol. The van der Waals surface area contributed by atoms with E-state index in [9.17, 15) is 9.59 Å². The van der Waals surface area contributed by atoms with Gasteiger partial charge in [-0.05, 0) is 63.9 Å². The number of aromatic nitrogens is 1.